The van der Waals surface area contributed by atoms with Crippen molar-refractivity contribution in [1.29, 1.82) is 0 Å². The largest absolute Gasteiger partial charge is 0.573 e. The van der Waals surface area contributed by atoms with Crippen molar-refractivity contribution in [3.63, 3.8) is 0 Å². The maximum Gasteiger partial charge on any atom is 0.573 e. The average molecular weight is 433 g/mol. The Morgan fingerprint density at radius 3 is 2.27 bits per heavy atom. The number of ether oxygens (including phenoxy) is 1. The van der Waals surface area contributed by atoms with Crippen LogP contribution in [0.25, 0.3) is 0 Å². The second-order valence-corrected chi connectivity index (χ2v) is 6.83. The Morgan fingerprint density at radius 2 is 1.69 bits per heavy atom. The van der Waals surface area contributed by atoms with Gasteiger partial charge in [0.05, 0.1) is 6.04 Å². The number of nitrogens with one attached hydrogen (secondary N) is 1. The molecule has 1 heterocycles. The molecule has 0 unspecified atom stereocenters. The molecule has 0 saturated carbocycles. The number of nitrogens with zero attached hydrogens (tertiary/aromatic N) is 1. The highest BCUT2D eigenvalue weighted by Gasteiger charge is 2.31. The number of hydrogen-bond acceptors (Lipinski definition) is 3. The summed E-state index contributed by atoms with van der Waals surface area (Å²) in [5.74, 6) is -0.618. The lowest BCUT2D eigenvalue weighted by molar-refractivity contribution is -0.274. The molecule has 8 heteroatoms. The standard InChI is InChI=1S/C18H17BrF4N2O/c19-16-11-13(20)3-6-15(16)17(25-9-7-24-8-10-25)12-1-4-14(5-2-12)26-18(21,22)23/h1-6,11,17,24H,7-10H2/t17-/m1/s1. The van der Waals surface area contributed by atoms with Crippen molar-refractivity contribution < 1.29 is 22.3 Å². The minimum atomic E-state index is -4.72. The van der Waals surface area contributed by atoms with Gasteiger partial charge in [-0.25, -0.2) is 4.39 Å². The van der Waals surface area contributed by atoms with Crippen molar-refractivity contribution in [3.8, 4) is 5.75 Å². The fourth-order valence-corrected chi connectivity index (χ4v) is 3.67. The molecular formula is C18H17BrF4N2O. The Hall–Kier alpha value is -1.64. The van der Waals surface area contributed by atoms with Crippen LogP contribution in [0.3, 0.4) is 0 Å². The highest BCUT2D eigenvalue weighted by molar-refractivity contribution is 9.10. The molecule has 1 atom stereocenters. The van der Waals surface area contributed by atoms with E-state index >= 15 is 0 Å². The van der Waals surface area contributed by atoms with Crippen molar-refractivity contribution in [1.82, 2.24) is 10.2 Å². The van der Waals surface area contributed by atoms with Crippen LogP contribution < -0.4 is 10.1 Å². The molecule has 2 aromatic rings. The van der Waals surface area contributed by atoms with Crippen LogP contribution in [0.5, 0.6) is 5.75 Å². The second-order valence-electron chi connectivity index (χ2n) is 5.97. The maximum atomic E-state index is 13.5. The van der Waals surface area contributed by atoms with Crippen LogP contribution in [0.1, 0.15) is 17.2 Å². The summed E-state index contributed by atoms with van der Waals surface area (Å²) in [4.78, 5) is 2.22. The van der Waals surface area contributed by atoms with Gasteiger partial charge in [0.2, 0.25) is 0 Å². The Kier molecular flexibility index (Phi) is 5.84. The molecule has 3 rings (SSSR count). The van der Waals surface area contributed by atoms with Gasteiger partial charge in [-0.15, -0.1) is 13.2 Å². The first-order chi connectivity index (χ1) is 12.3. The van der Waals surface area contributed by atoms with Gasteiger partial charge in [0.25, 0.3) is 0 Å². The minimum Gasteiger partial charge on any atom is -0.406 e. The highest BCUT2D eigenvalue weighted by atomic mass is 79.9. The van der Waals surface area contributed by atoms with Gasteiger partial charge in [-0.05, 0) is 35.4 Å². The number of hydrogen-bond donors (Lipinski definition) is 1. The Morgan fingerprint density at radius 1 is 1.04 bits per heavy atom. The van der Waals surface area contributed by atoms with E-state index in [4.69, 9.17) is 0 Å². The zero-order valence-corrected chi connectivity index (χ0v) is 15.3. The van der Waals surface area contributed by atoms with Crippen molar-refractivity contribution in [3.05, 3.63) is 63.9 Å². The average Bonchev–Trinajstić information content (AvgIpc) is 2.58. The number of alkyl halides is 3. The predicted molar refractivity (Wildman–Crippen MR) is 93.5 cm³/mol. The molecule has 140 valence electrons. The molecule has 0 aliphatic carbocycles. The van der Waals surface area contributed by atoms with Crippen molar-refractivity contribution in [2.24, 2.45) is 0 Å². The summed E-state index contributed by atoms with van der Waals surface area (Å²) in [6.07, 6.45) is -4.72. The fourth-order valence-electron chi connectivity index (χ4n) is 3.10. The first-order valence-electron chi connectivity index (χ1n) is 8.09. The van der Waals surface area contributed by atoms with Gasteiger partial charge >= 0.3 is 6.36 Å². The zero-order chi connectivity index (χ0) is 18.7. The van der Waals surface area contributed by atoms with E-state index in [9.17, 15) is 17.6 Å². The summed E-state index contributed by atoms with van der Waals surface area (Å²) < 4.78 is 55.2. The third-order valence-corrected chi connectivity index (χ3v) is 4.89. The fraction of sp³-hybridized carbons (Fsp3) is 0.333. The molecule has 0 spiro atoms. The van der Waals surface area contributed by atoms with Gasteiger partial charge in [0.1, 0.15) is 11.6 Å². The third kappa shape index (κ3) is 4.75. The van der Waals surface area contributed by atoms with Crippen LogP contribution in [-0.4, -0.2) is 37.4 Å². The van der Waals surface area contributed by atoms with Crippen LogP contribution in [-0.2, 0) is 0 Å². The number of piperazine rings is 1. The first-order valence-corrected chi connectivity index (χ1v) is 8.88. The molecule has 1 N–H and O–H groups in total. The van der Waals surface area contributed by atoms with Gasteiger partial charge in [-0.1, -0.05) is 34.1 Å². The summed E-state index contributed by atoms with van der Waals surface area (Å²) in [6, 6.07) is 10.1. The van der Waals surface area contributed by atoms with E-state index < -0.39 is 6.36 Å². The molecule has 2 aromatic carbocycles. The Balaban J connectivity index is 1.95. The number of halogens is 5. The Labute approximate surface area is 157 Å². The summed E-state index contributed by atoms with van der Waals surface area (Å²) >= 11 is 3.41. The van der Waals surface area contributed by atoms with Crippen LogP contribution in [0.15, 0.2) is 46.9 Å². The third-order valence-electron chi connectivity index (χ3n) is 4.20. The second kappa shape index (κ2) is 7.94. The molecule has 3 nitrogen and oxygen atoms in total. The molecular weight excluding hydrogens is 416 g/mol. The monoisotopic (exact) mass is 432 g/mol. The van der Waals surface area contributed by atoms with E-state index in [1.807, 2.05) is 0 Å². The quantitative estimate of drug-likeness (QED) is 0.720. The number of rotatable bonds is 4. The summed E-state index contributed by atoms with van der Waals surface area (Å²) in [5.41, 5.74) is 1.67. The summed E-state index contributed by atoms with van der Waals surface area (Å²) in [7, 11) is 0. The van der Waals surface area contributed by atoms with E-state index in [-0.39, 0.29) is 17.6 Å². The lowest BCUT2D eigenvalue weighted by atomic mass is 9.96. The van der Waals surface area contributed by atoms with E-state index in [0.717, 1.165) is 37.3 Å². The van der Waals surface area contributed by atoms with Gasteiger partial charge in [-0.2, -0.15) is 0 Å². The van der Waals surface area contributed by atoms with Crippen molar-refractivity contribution in [2.75, 3.05) is 26.2 Å². The maximum absolute atomic E-state index is 13.5. The lowest BCUT2D eigenvalue weighted by Gasteiger charge is -2.36. The molecule has 26 heavy (non-hydrogen) atoms. The predicted octanol–water partition coefficient (Wildman–Crippen LogP) is 4.48. The van der Waals surface area contributed by atoms with Crippen LogP contribution >= 0.6 is 15.9 Å². The highest BCUT2D eigenvalue weighted by Crippen LogP contribution is 2.35. The SMILES string of the molecule is Fc1ccc([C@@H](c2ccc(OC(F)(F)F)cc2)N2CCNCC2)c(Br)c1. The van der Waals surface area contributed by atoms with Crippen LogP contribution in [0.4, 0.5) is 17.6 Å². The normalized spacial score (nSPS) is 17.1. The Bertz CT molecular complexity index is 746. The molecule has 1 aliphatic heterocycles. The summed E-state index contributed by atoms with van der Waals surface area (Å²) in [5, 5.41) is 3.27. The molecule has 1 saturated heterocycles. The van der Waals surface area contributed by atoms with Crippen LogP contribution in [0, 0.1) is 5.82 Å². The van der Waals surface area contributed by atoms with Crippen LogP contribution in [0.2, 0.25) is 0 Å². The molecule has 0 radical (unpaired) electrons. The van der Waals surface area contributed by atoms with E-state index in [1.165, 1.54) is 24.3 Å². The molecule has 0 aromatic heterocycles. The molecule has 1 aliphatic rings. The van der Waals surface area contributed by atoms with E-state index in [2.05, 4.69) is 30.9 Å². The number of benzene rings is 2. The van der Waals surface area contributed by atoms with E-state index in [1.54, 1.807) is 18.2 Å². The van der Waals surface area contributed by atoms with Gasteiger partial charge in [0.15, 0.2) is 0 Å². The molecule has 0 amide bonds. The molecule has 1 fully saturated rings. The zero-order valence-electron chi connectivity index (χ0n) is 13.7. The summed E-state index contributed by atoms with van der Waals surface area (Å²) in [6.45, 7) is 3.17. The van der Waals surface area contributed by atoms with Crippen molar-refractivity contribution >= 4 is 15.9 Å². The van der Waals surface area contributed by atoms with Gasteiger partial charge in [0, 0.05) is 30.7 Å². The smallest absolute Gasteiger partial charge is 0.406 e. The van der Waals surface area contributed by atoms with Gasteiger partial charge < -0.3 is 10.1 Å². The molecule has 0 bridgehead atoms. The van der Waals surface area contributed by atoms with Gasteiger partial charge in [-0.3, -0.25) is 4.90 Å². The first kappa shape index (κ1) is 19.1. The van der Waals surface area contributed by atoms with Crippen molar-refractivity contribution in [2.45, 2.75) is 12.4 Å². The minimum absolute atomic E-state index is 0.202. The topological polar surface area (TPSA) is 24.5 Å². The lowest BCUT2D eigenvalue weighted by Crippen LogP contribution is -2.45. The van der Waals surface area contributed by atoms with E-state index in [0.29, 0.717) is 4.47 Å².